The fourth-order valence-electron chi connectivity index (χ4n) is 2.06. The van der Waals surface area contributed by atoms with E-state index >= 15 is 0 Å². The standard InChI is InChI=1S/C12H19N3O2/c1-14(2)6-9-4-5-10-11(12(9)16)13-7-15(10)8-17-3/h4-5,13,16H,6-8H2,1-3H3. The van der Waals surface area contributed by atoms with Crippen molar-refractivity contribution < 1.29 is 9.84 Å². The number of nitrogens with one attached hydrogen (secondary N) is 1. The number of phenols is 1. The first-order chi connectivity index (χ1) is 8.13. The van der Waals surface area contributed by atoms with Crippen LogP contribution in [0.2, 0.25) is 0 Å². The SMILES string of the molecule is COCN1CNc2c1ccc(CN(C)C)c2O. The Morgan fingerprint density at radius 1 is 1.47 bits per heavy atom. The number of benzene rings is 1. The van der Waals surface area contributed by atoms with Crippen LogP contribution in [0.4, 0.5) is 11.4 Å². The maximum atomic E-state index is 10.2. The molecule has 0 unspecified atom stereocenters. The van der Waals surface area contributed by atoms with Crippen LogP contribution in [-0.2, 0) is 11.3 Å². The molecule has 2 N–H and O–H groups in total. The molecule has 0 aromatic heterocycles. The molecule has 17 heavy (non-hydrogen) atoms. The summed E-state index contributed by atoms with van der Waals surface area (Å²) in [6, 6.07) is 3.98. The molecule has 0 radical (unpaired) electrons. The van der Waals surface area contributed by atoms with Crippen molar-refractivity contribution in [1.29, 1.82) is 0 Å². The Balaban J connectivity index is 2.28. The van der Waals surface area contributed by atoms with Gasteiger partial charge >= 0.3 is 0 Å². The van der Waals surface area contributed by atoms with Crippen LogP contribution < -0.4 is 10.2 Å². The van der Waals surface area contributed by atoms with E-state index in [4.69, 9.17) is 4.74 Å². The van der Waals surface area contributed by atoms with Gasteiger partial charge in [-0.05, 0) is 20.2 Å². The zero-order valence-corrected chi connectivity index (χ0v) is 10.5. The molecule has 0 aliphatic carbocycles. The van der Waals surface area contributed by atoms with Crippen LogP contribution in [-0.4, -0.2) is 44.6 Å². The van der Waals surface area contributed by atoms with Crippen molar-refractivity contribution in [2.45, 2.75) is 6.54 Å². The Morgan fingerprint density at radius 2 is 2.24 bits per heavy atom. The highest BCUT2D eigenvalue weighted by molar-refractivity contribution is 5.81. The largest absolute Gasteiger partial charge is 0.505 e. The first-order valence-electron chi connectivity index (χ1n) is 5.61. The van der Waals surface area contributed by atoms with Crippen LogP contribution in [0.25, 0.3) is 0 Å². The van der Waals surface area contributed by atoms with Gasteiger partial charge in [-0.25, -0.2) is 0 Å². The average molecular weight is 237 g/mol. The van der Waals surface area contributed by atoms with E-state index in [0.717, 1.165) is 23.5 Å². The summed E-state index contributed by atoms with van der Waals surface area (Å²) in [7, 11) is 5.63. The number of anilines is 2. The van der Waals surface area contributed by atoms with Gasteiger partial charge in [0.2, 0.25) is 0 Å². The Bertz CT molecular complexity index is 407. The summed E-state index contributed by atoms with van der Waals surface area (Å²) < 4.78 is 5.11. The van der Waals surface area contributed by atoms with E-state index in [0.29, 0.717) is 19.1 Å². The molecule has 0 spiro atoms. The molecule has 1 aromatic rings. The van der Waals surface area contributed by atoms with Gasteiger partial charge in [0.05, 0.1) is 12.4 Å². The quantitative estimate of drug-likeness (QED) is 0.772. The van der Waals surface area contributed by atoms with E-state index in [9.17, 15) is 5.11 Å². The normalized spacial score (nSPS) is 14.0. The molecule has 5 nitrogen and oxygen atoms in total. The number of fused-ring (bicyclic) bond motifs is 1. The maximum Gasteiger partial charge on any atom is 0.145 e. The smallest absolute Gasteiger partial charge is 0.145 e. The summed E-state index contributed by atoms with van der Waals surface area (Å²) in [5.74, 6) is 0.342. The van der Waals surface area contributed by atoms with Crippen molar-refractivity contribution in [3.63, 3.8) is 0 Å². The molecule has 0 atom stereocenters. The second-order valence-electron chi connectivity index (χ2n) is 4.50. The molecule has 94 valence electrons. The highest BCUT2D eigenvalue weighted by atomic mass is 16.5. The van der Waals surface area contributed by atoms with Gasteiger partial charge in [0.15, 0.2) is 0 Å². The zero-order valence-electron chi connectivity index (χ0n) is 10.5. The molecule has 0 fully saturated rings. The Morgan fingerprint density at radius 3 is 2.88 bits per heavy atom. The molecular weight excluding hydrogens is 218 g/mol. The van der Waals surface area contributed by atoms with Crippen molar-refractivity contribution in [3.8, 4) is 5.75 Å². The van der Waals surface area contributed by atoms with E-state index in [1.165, 1.54) is 0 Å². The maximum absolute atomic E-state index is 10.2. The number of methoxy groups -OCH3 is 1. The molecule has 0 saturated carbocycles. The zero-order chi connectivity index (χ0) is 12.4. The molecule has 0 saturated heterocycles. The van der Waals surface area contributed by atoms with Crippen molar-refractivity contribution in [2.75, 3.05) is 44.8 Å². The summed E-state index contributed by atoms with van der Waals surface area (Å²) >= 11 is 0. The third-order valence-electron chi connectivity index (χ3n) is 2.80. The summed E-state index contributed by atoms with van der Waals surface area (Å²) in [6.07, 6.45) is 0. The molecule has 1 heterocycles. The molecule has 1 aliphatic rings. The van der Waals surface area contributed by atoms with Gasteiger partial charge < -0.3 is 25.0 Å². The second kappa shape index (κ2) is 4.81. The number of phenolic OH excluding ortho intramolecular Hbond substituents is 1. The van der Waals surface area contributed by atoms with Gasteiger partial charge in [-0.15, -0.1) is 0 Å². The fraction of sp³-hybridized carbons (Fsp3) is 0.500. The number of hydrogen-bond donors (Lipinski definition) is 2. The minimum absolute atomic E-state index is 0.342. The molecule has 1 aromatic carbocycles. The number of rotatable bonds is 4. The van der Waals surface area contributed by atoms with Crippen molar-refractivity contribution in [1.82, 2.24) is 4.90 Å². The minimum atomic E-state index is 0.342. The van der Waals surface area contributed by atoms with Crippen molar-refractivity contribution in [3.05, 3.63) is 17.7 Å². The lowest BCUT2D eigenvalue weighted by molar-refractivity contribution is 0.200. The predicted molar refractivity (Wildman–Crippen MR) is 68.3 cm³/mol. The van der Waals surface area contributed by atoms with Gasteiger partial charge in [0.1, 0.15) is 18.2 Å². The van der Waals surface area contributed by atoms with E-state index in [1.54, 1.807) is 7.11 Å². The van der Waals surface area contributed by atoms with Crippen molar-refractivity contribution >= 4 is 11.4 Å². The Kier molecular flexibility index (Phi) is 3.40. The van der Waals surface area contributed by atoms with Gasteiger partial charge in [0, 0.05) is 19.2 Å². The topological polar surface area (TPSA) is 48.0 Å². The van der Waals surface area contributed by atoms with Crippen LogP contribution in [0.1, 0.15) is 5.56 Å². The van der Waals surface area contributed by atoms with Gasteiger partial charge in [0.25, 0.3) is 0 Å². The first-order valence-corrected chi connectivity index (χ1v) is 5.61. The third-order valence-corrected chi connectivity index (χ3v) is 2.80. The molecule has 0 bridgehead atoms. The molecular formula is C12H19N3O2. The third kappa shape index (κ3) is 2.30. The van der Waals surface area contributed by atoms with Crippen LogP contribution in [0.15, 0.2) is 12.1 Å². The summed E-state index contributed by atoms with van der Waals surface area (Å²) in [5, 5.41) is 13.4. The van der Waals surface area contributed by atoms with Crippen LogP contribution in [0.3, 0.4) is 0 Å². The molecule has 1 aliphatic heterocycles. The summed E-state index contributed by atoms with van der Waals surface area (Å²) in [6.45, 7) is 1.92. The van der Waals surface area contributed by atoms with E-state index in [1.807, 2.05) is 36.0 Å². The average Bonchev–Trinajstić information content (AvgIpc) is 2.67. The minimum Gasteiger partial charge on any atom is -0.505 e. The Labute approximate surface area is 102 Å². The van der Waals surface area contributed by atoms with Crippen molar-refractivity contribution in [2.24, 2.45) is 0 Å². The first kappa shape index (κ1) is 12.0. The van der Waals surface area contributed by atoms with E-state index < -0.39 is 0 Å². The van der Waals surface area contributed by atoms with Crippen LogP contribution >= 0.6 is 0 Å². The second-order valence-corrected chi connectivity index (χ2v) is 4.50. The van der Waals surface area contributed by atoms with Gasteiger partial charge in [-0.3, -0.25) is 0 Å². The number of hydrogen-bond acceptors (Lipinski definition) is 5. The van der Waals surface area contributed by atoms with E-state index in [-0.39, 0.29) is 0 Å². The highest BCUT2D eigenvalue weighted by Gasteiger charge is 2.22. The molecule has 2 rings (SSSR count). The number of ether oxygens (including phenoxy) is 1. The Hall–Kier alpha value is -1.46. The van der Waals surface area contributed by atoms with E-state index in [2.05, 4.69) is 5.32 Å². The van der Waals surface area contributed by atoms with Gasteiger partial charge in [-0.1, -0.05) is 6.07 Å². The number of nitrogens with zero attached hydrogens (tertiary/aromatic N) is 2. The monoisotopic (exact) mass is 237 g/mol. The summed E-state index contributed by atoms with van der Waals surface area (Å²) in [5.41, 5.74) is 2.73. The van der Waals surface area contributed by atoms with Crippen LogP contribution in [0, 0.1) is 0 Å². The lowest BCUT2D eigenvalue weighted by atomic mass is 10.1. The molecule has 0 amide bonds. The lowest BCUT2D eigenvalue weighted by Gasteiger charge is -2.17. The predicted octanol–water partition coefficient (Wildman–Crippen LogP) is 1.25. The van der Waals surface area contributed by atoms with Gasteiger partial charge in [-0.2, -0.15) is 0 Å². The lowest BCUT2D eigenvalue weighted by Crippen LogP contribution is -2.24. The number of aromatic hydroxyl groups is 1. The molecule has 5 heteroatoms. The summed E-state index contributed by atoms with van der Waals surface area (Å²) in [4.78, 5) is 4.07. The highest BCUT2D eigenvalue weighted by Crippen LogP contribution is 2.40. The fourth-order valence-corrected chi connectivity index (χ4v) is 2.06. The van der Waals surface area contributed by atoms with Crippen LogP contribution in [0.5, 0.6) is 5.75 Å².